The first-order valence-electron chi connectivity index (χ1n) is 10.7. The van der Waals surface area contributed by atoms with Gasteiger partial charge in [0.15, 0.2) is 11.3 Å². The number of nitrogens with one attached hydrogen (secondary N) is 1. The van der Waals surface area contributed by atoms with E-state index in [-0.39, 0.29) is 17.6 Å². The molecule has 0 bridgehead atoms. The number of rotatable bonds is 6. The summed E-state index contributed by atoms with van der Waals surface area (Å²) in [6.07, 6.45) is 2.04. The number of para-hydroxylation sites is 1. The van der Waals surface area contributed by atoms with Crippen molar-refractivity contribution in [2.75, 3.05) is 20.3 Å². The summed E-state index contributed by atoms with van der Waals surface area (Å²) in [7, 11) is 1.59. The van der Waals surface area contributed by atoms with E-state index in [0.717, 1.165) is 30.5 Å². The fourth-order valence-electron chi connectivity index (χ4n) is 3.71. The van der Waals surface area contributed by atoms with Crippen molar-refractivity contribution in [3.05, 3.63) is 65.2 Å². The summed E-state index contributed by atoms with van der Waals surface area (Å²) in [6, 6.07) is 15.3. The quantitative estimate of drug-likeness (QED) is 0.627. The predicted molar refractivity (Wildman–Crippen MR) is 120 cm³/mol. The highest BCUT2D eigenvalue weighted by atomic mass is 16.5. The third-order valence-electron chi connectivity index (χ3n) is 5.48. The summed E-state index contributed by atoms with van der Waals surface area (Å²) in [4.78, 5) is 17.8. The first-order valence-corrected chi connectivity index (χ1v) is 10.7. The fraction of sp³-hybridized carbons (Fsp3) is 0.360. The monoisotopic (exact) mass is 420 g/mol. The molecule has 6 heteroatoms. The number of hydrogen-bond acceptors (Lipinski definition) is 5. The van der Waals surface area contributed by atoms with Crippen LogP contribution in [0, 0.1) is 0 Å². The third-order valence-corrected chi connectivity index (χ3v) is 5.48. The van der Waals surface area contributed by atoms with E-state index in [1.807, 2.05) is 36.4 Å². The second kappa shape index (κ2) is 9.35. The molecule has 2 heterocycles. The van der Waals surface area contributed by atoms with Crippen LogP contribution in [0.5, 0.6) is 5.75 Å². The molecule has 6 nitrogen and oxygen atoms in total. The second-order valence-electron chi connectivity index (χ2n) is 8.05. The van der Waals surface area contributed by atoms with Crippen molar-refractivity contribution < 1.29 is 18.7 Å². The molecule has 0 aliphatic carbocycles. The SMILES string of the molecule is COc1cccc2cc(C(=O)NC[C@H]3CCCO3)c(=Nc3cccc(C(C)C)c3)oc12. The van der Waals surface area contributed by atoms with Crippen LogP contribution in [0.4, 0.5) is 5.69 Å². The minimum Gasteiger partial charge on any atom is -0.493 e. The minimum absolute atomic E-state index is 0.0598. The zero-order valence-corrected chi connectivity index (χ0v) is 18.2. The van der Waals surface area contributed by atoms with E-state index < -0.39 is 0 Å². The van der Waals surface area contributed by atoms with E-state index in [4.69, 9.17) is 18.9 Å². The van der Waals surface area contributed by atoms with E-state index in [1.165, 1.54) is 5.56 Å². The zero-order chi connectivity index (χ0) is 21.8. The van der Waals surface area contributed by atoms with Gasteiger partial charge in [0, 0.05) is 18.5 Å². The lowest BCUT2D eigenvalue weighted by Gasteiger charge is -2.12. The van der Waals surface area contributed by atoms with Crippen molar-refractivity contribution >= 4 is 22.6 Å². The molecule has 1 aliphatic rings. The van der Waals surface area contributed by atoms with Crippen molar-refractivity contribution in [1.82, 2.24) is 5.32 Å². The smallest absolute Gasteiger partial charge is 0.256 e. The van der Waals surface area contributed by atoms with Crippen molar-refractivity contribution in [2.45, 2.75) is 38.7 Å². The van der Waals surface area contributed by atoms with Crippen molar-refractivity contribution in [1.29, 1.82) is 0 Å². The van der Waals surface area contributed by atoms with Crippen LogP contribution in [-0.2, 0) is 4.74 Å². The molecule has 1 saturated heterocycles. The zero-order valence-electron chi connectivity index (χ0n) is 18.2. The molecule has 0 radical (unpaired) electrons. The summed E-state index contributed by atoms with van der Waals surface area (Å²) in [5.41, 5.74) is 3.09. The average molecular weight is 421 g/mol. The number of carbonyl (C=O) groups is 1. The lowest BCUT2D eigenvalue weighted by atomic mass is 10.0. The number of ether oxygens (including phenoxy) is 2. The van der Waals surface area contributed by atoms with Gasteiger partial charge in [-0.3, -0.25) is 4.79 Å². The minimum atomic E-state index is -0.234. The van der Waals surface area contributed by atoms with Crippen LogP contribution in [0.3, 0.4) is 0 Å². The summed E-state index contributed by atoms with van der Waals surface area (Å²) < 4.78 is 17.2. The van der Waals surface area contributed by atoms with Crippen molar-refractivity contribution in [2.24, 2.45) is 4.99 Å². The molecule has 0 spiro atoms. The molecule has 31 heavy (non-hydrogen) atoms. The van der Waals surface area contributed by atoms with Gasteiger partial charge < -0.3 is 19.2 Å². The van der Waals surface area contributed by atoms with Crippen LogP contribution in [0.2, 0.25) is 0 Å². The molecule has 1 amide bonds. The summed E-state index contributed by atoms with van der Waals surface area (Å²) >= 11 is 0. The van der Waals surface area contributed by atoms with Gasteiger partial charge in [-0.15, -0.1) is 0 Å². The molecule has 2 aromatic carbocycles. The molecule has 3 aromatic rings. The van der Waals surface area contributed by atoms with Gasteiger partial charge >= 0.3 is 0 Å². The van der Waals surface area contributed by atoms with Crippen molar-refractivity contribution in [3.63, 3.8) is 0 Å². The van der Waals surface area contributed by atoms with E-state index in [9.17, 15) is 4.79 Å². The van der Waals surface area contributed by atoms with Crippen LogP contribution in [-0.4, -0.2) is 32.3 Å². The maximum absolute atomic E-state index is 13.1. The van der Waals surface area contributed by atoms with Crippen LogP contribution in [0.1, 0.15) is 48.5 Å². The highest BCUT2D eigenvalue weighted by molar-refractivity contribution is 5.97. The summed E-state index contributed by atoms with van der Waals surface area (Å²) in [5, 5.41) is 3.75. The Labute approximate surface area is 181 Å². The molecule has 4 rings (SSSR count). The number of amides is 1. The Kier molecular flexibility index (Phi) is 6.37. The van der Waals surface area contributed by atoms with E-state index in [2.05, 4.69) is 25.2 Å². The van der Waals surface area contributed by atoms with Crippen LogP contribution >= 0.6 is 0 Å². The summed E-state index contributed by atoms with van der Waals surface area (Å²) in [6.45, 7) is 5.48. The van der Waals surface area contributed by atoms with Gasteiger partial charge in [-0.05, 0) is 48.6 Å². The highest BCUT2D eigenvalue weighted by Crippen LogP contribution is 2.25. The number of fused-ring (bicyclic) bond motifs is 1. The summed E-state index contributed by atoms with van der Waals surface area (Å²) in [5.74, 6) is 0.733. The normalized spacial score (nSPS) is 16.8. The lowest BCUT2D eigenvalue weighted by molar-refractivity contribution is 0.0854. The Balaban J connectivity index is 1.79. The van der Waals surface area contributed by atoms with E-state index >= 15 is 0 Å². The molecule has 1 aromatic heterocycles. The van der Waals surface area contributed by atoms with Crippen LogP contribution in [0.15, 0.2) is 57.9 Å². The van der Waals surface area contributed by atoms with Crippen LogP contribution in [0.25, 0.3) is 11.0 Å². The van der Waals surface area contributed by atoms with Crippen LogP contribution < -0.4 is 15.6 Å². The van der Waals surface area contributed by atoms with Gasteiger partial charge in [0.25, 0.3) is 5.91 Å². The van der Waals surface area contributed by atoms with E-state index in [1.54, 1.807) is 13.2 Å². The molecule has 1 fully saturated rings. The maximum Gasteiger partial charge on any atom is 0.256 e. The largest absolute Gasteiger partial charge is 0.493 e. The molecular weight excluding hydrogens is 392 g/mol. The number of nitrogens with zero attached hydrogens (tertiary/aromatic N) is 1. The lowest BCUT2D eigenvalue weighted by Crippen LogP contribution is -2.34. The van der Waals surface area contributed by atoms with Gasteiger partial charge in [0.2, 0.25) is 5.55 Å². The van der Waals surface area contributed by atoms with Crippen molar-refractivity contribution in [3.8, 4) is 5.75 Å². The Morgan fingerprint density at radius 1 is 1.23 bits per heavy atom. The topological polar surface area (TPSA) is 73.1 Å². The van der Waals surface area contributed by atoms with Gasteiger partial charge in [0.05, 0.1) is 18.9 Å². The standard InChI is InChI=1S/C25H28N2O4/c1-16(2)17-7-4-9-19(13-17)27-25-21(24(28)26-15-20-10-6-12-30-20)14-18-8-5-11-22(29-3)23(18)31-25/h4-5,7-9,11,13-14,16,20H,6,10,12,15H2,1-3H3,(H,26,28)/t20-/m1/s1. The Hall–Kier alpha value is -3.12. The number of methoxy groups -OCH3 is 1. The third kappa shape index (κ3) is 4.80. The van der Waals surface area contributed by atoms with Gasteiger partial charge in [-0.2, -0.15) is 0 Å². The fourth-order valence-corrected chi connectivity index (χ4v) is 3.71. The van der Waals surface area contributed by atoms with Gasteiger partial charge in [-0.1, -0.05) is 38.1 Å². The number of carbonyl (C=O) groups excluding carboxylic acids is 1. The Bertz CT molecular complexity index is 1140. The average Bonchev–Trinajstić information content (AvgIpc) is 3.30. The van der Waals surface area contributed by atoms with Gasteiger partial charge in [0.1, 0.15) is 5.56 Å². The molecule has 1 aliphatic heterocycles. The highest BCUT2D eigenvalue weighted by Gasteiger charge is 2.19. The molecule has 1 atom stereocenters. The first-order chi connectivity index (χ1) is 15.0. The molecule has 0 unspecified atom stereocenters. The van der Waals surface area contributed by atoms with E-state index in [0.29, 0.717) is 29.4 Å². The number of hydrogen-bond donors (Lipinski definition) is 1. The Morgan fingerprint density at radius 3 is 2.81 bits per heavy atom. The number of benzene rings is 2. The molecule has 162 valence electrons. The molecule has 0 saturated carbocycles. The maximum atomic E-state index is 13.1. The Morgan fingerprint density at radius 2 is 2.06 bits per heavy atom. The van der Waals surface area contributed by atoms with Gasteiger partial charge in [-0.25, -0.2) is 4.99 Å². The molecule has 1 N–H and O–H groups in total. The predicted octanol–water partition coefficient (Wildman–Crippen LogP) is 4.71. The molecular formula is C25H28N2O4. The second-order valence-corrected chi connectivity index (χ2v) is 8.05. The first kappa shape index (κ1) is 21.1.